The largest absolute Gasteiger partial charge is 0.374 e. The first kappa shape index (κ1) is 18.0. The van der Waals surface area contributed by atoms with Gasteiger partial charge in [0.05, 0.1) is 6.61 Å². The zero-order valence-corrected chi connectivity index (χ0v) is 11.9. The summed E-state index contributed by atoms with van der Waals surface area (Å²) in [4.78, 5) is 2.31. The van der Waals surface area contributed by atoms with Crippen LogP contribution in [0.15, 0.2) is 0 Å². The zero-order valence-electron chi connectivity index (χ0n) is 11.0. The van der Waals surface area contributed by atoms with Gasteiger partial charge in [-0.15, -0.1) is 12.4 Å². The van der Waals surface area contributed by atoms with Gasteiger partial charge in [-0.25, -0.2) is 8.78 Å². The first-order valence-electron chi connectivity index (χ1n) is 6.45. The number of nitrogens with zero attached hydrogens (tertiary/aromatic N) is 1. The van der Waals surface area contributed by atoms with Gasteiger partial charge >= 0.3 is 0 Å². The Balaban J connectivity index is 0.00000289. The third kappa shape index (κ3) is 8.19. The van der Waals surface area contributed by atoms with Crippen LogP contribution in [0, 0.1) is 5.92 Å². The minimum atomic E-state index is -2.35. The van der Waals surface area contributed by atoms with Crippen LogP contribution in [0.25, 0.3) is 0 Å². The van der Waals surface area contributed by atoms with Gasteiger partial charge in [0.25, 0.3) is 6.43 Å². The Hall–Kier alpha value is 0.0300. The molecule has 1 saturated heterocycles. The van der Waals surface area contributed by atoms with Crippen LogP contribution in [0.2, 0.25) is 0 Å². The lowest BCUT2D eigenvalue weighted by Crippen LogP contribution is -2.36. The average Bonchev–Trinajstić information content (AvgIpc) is 2.33. The van der Waals surface area contributed by atoms with Crippen molar-refractivity contribution in [2.24, 2.45) is 5.92 Å². The van der Waals surface area contributed by atoms with Gasteiger partial charge in [-0.3, -0.25) is 0 Å². The molecule has 0 spiro atoms. The molecule has 3 nitrogen and oxygen atoms in total. The molecule has 0 amide bonds. The van der Waals surface area contributed by atoms with E-state index >= 15 is 0 Å². The Morgan fingerprint density at radius 3 is 2.56 bits per heavy atom. The van der Waals surface area contributed by atoms with Crippen LogP contribution in [0.5, 0.6) is 0 Å². The van der Waals surface area contributed by atoms with Gasteiger partial charge in [0.15, 0.2) is 0 Å². The minimum Gasteiger partial charge on any atom is -0.374 e. The number of rotatable bonds is 8. The summed E-state index contributed by atoms with van der Waals surface area (Å²) in [7, 11) is 1.98. The van der Waals surface area contributed by atoms with Crippen molar-refractivity contribution in [3.05, 3.63) is 0 Å². The summed E-state index contributed by atoms with van der Waals surface area (Å²) in [6.45, 7) is 4.01. The smallest absolute Gasteiger partial charge is 0.261 e. The van der Waals surface area contributed by atoms with E-state index in [-0.39, 0.29) is 12.4 Å². The lowest BCUT2D eigenvalue weighted by Gasteiger charge is -2.31. The normalized spacial score (nSPS) is 18.0. The molecule has 0 radical (unpaired) electrons. The van der Waals surface area contributed by atoms with Gasteiger partial charge in [0.2, 0.25) is 0 Å². The van der Waals surface area contributed by atoms with Crippen molar-refractivity contribution in [3.8, 4) is 0 Å². The lowest BCUT2D eigenvalue weighted by molar-refractivity contribution is 0.00689. The molecule has 0 atom stereocenters. The molecule has 1 fully saturated rings. The van der Waals surface area contributed by atoms with E-state index < -0.39 is 13.0 Å². The molecular formula is C12H25ClF2N2O. The first-order valence-corrected chi connectivity index (χ1v) is 6.45. The molecule has 0 saturated carbocycles. The maximum Gasteiger partial charge on any atom is 0.261 e. The third-order valence-electron chi connectivity index (χ3n) is 3.31. The molecule has 6 heteroatoms. The summed E-state index contributed by atoms with van der Waals surface area (Å²) in [5.41, 5.74) is 0. The average molecular weight is 287 g/mol. The van der Waals surface area contributed by atoms with Gasteiger partial charge in [-0.2, -0.15) is 0 Å². The maximum atomic E-state index is 11.8. The summed E-state index contributed by atoms with van der Waals surface area (Å²) in [6, 6.07) is 0. The number of ether oxygens (including phenoxy) is 1. The van der Waals surface area contributed by atoms with Crippen LogP contribution in [0.3, 0.4) is 0 Å². The topological polar surface area (TPSA) is 24.5 Å². The zero-order chi connectivity index (χ0) is 12.5. The Kier molecular flexibility index (Phi) is 10.9. The third-order valence-corrected chi connectivity index (χ3v) is 3.31. The lowest BCUT2D eigenvalue weighted by atomic mass is 9.93. The monoisotopic (exact) mass is 286 g/mol. The Morgan fingerprint density at radius 1 is 1.33 bits per heavy atom. The second-order valence-electron chi connectivity index (χ2n) is 4.64. The van der Waals surface area contributed by atoms with E-state index in [2.05, 4.69) is 10.2 Å². The summed E-state index contributed by atoms with van der Waals surface area (Å²) in [6.07, 6.45) is 1.33. The molecule has 1 aliphatic heterocycles. The number of likely N-dealkylation sites (tertiary alicyclic amines) is 1. The van der Waals surface area contributed by atoms with Crippen molar-refractivity contribution in [2.75, 3.05) is 46.4 Å². The quantitative estimate of drug-likeness (QED) is 0.691. The van der Waals surface area contributed by atoms with Crippen LogP contribution >= 0.6 is 12.4 Å². The number of alkyl halides is 2. The second-order valence-corrected chi connectivity index (χ2v) is 4.64. The van der Waals surface area contributed by atoms with Gasteiger partial charge in [-0.1, -0.05) is 0 Å². The van der Waals surface area contributed by atoms with Gasteiger partial charge in [-0.05, 0) is 51.9 Å². The van der Waals surface area contributed by atoms with Gasteiger partial charge < -0.3 is 15.0 Å². The predicted octanol–water partition coefficient (Wildman–Crippen LogP) is 2.01. The molecular weight excluding hydrogens is 262 g/mol. The fraction of sp³-hybridized carbons (Fsp3) is 1.00. The summed E-state index contributed by atoms with van der Waals surface area (Å²) >= 11 is 0. The number of hydrogen-bond acceptors (Lipinski definition) is 3. The molecule has 1 N–H and O–H groups in total. The molecule has 0 unspecified atom stereocenters. The Bertz CT molecular complexity index is 191. The van der Waals surface area contributed by atoms with Crippen molar-refractivity contribution >= 4 is 12.4 Å². The fourth-order valence-electron chi connectivity index (χ4n) is 2.21. The number of halogens is 3. The van der Waals surface area contributed by atoms with Crippen molar-refractivity contribution in [1.82, 2.24) is 10.2 Å². The van der Waals surface area contributed by atoms with E-state index in [0.29, 0.717) is 6.61 Å². The van der Waals surface area contributed by atoms with Crippen LogP contribution in [0.1, 0.15) is 19.3 Å². The summed E-state index contributed by atoms with van der Waals surface area (Å²) in [5.74, 6) is 0.820. The molecule has 1 rings (SSSR count). The molecule has 0 aromatic heterocycles. The van der Waals surface area contributed by atoms with Crippen LogP contribution in [0.4, 0.5) is 8.78 Å². The molecule has 0 aromatic carbocycles. The van der Waals surface area contributed by atoms with Crippen LogP contribution < -0.4 is 5.32 Å². The SMILES string of the molecule is CNCCC1CCN(CCOCC(F)F)CC1.Cl. The Morgan fingerprint density at radius 2 is 2.00 bits per heavy atom. The van der Waals surface area contributed by atoms with E-state index in [1.165, 1.54) is 19.3 Å². The summed E-state index contributed by atoms with van der Waals surface area (Å²) in [5, 5.41) is 3.17. The highest BCUT2D eigenvalue weighted by atomic mass is 35.5. The number of hydrogen-bond donors (Lipinski definition) is 1. The molecule has 1 aliphatic rings. The van der Waals surface area contributed by atoms with Gasteiger partial charge in [0, 0.05) is 6.54 Å². The van der Waals surface area contributed by atoms with E-state index in [9.17, 15) is 8.78 Å². The molecule has 18 heavy (non-hydrogen) atoms. The van der Waals surface area contributed by atoms with Crippen molar-refractivity contribution < 1.29 is 13.5 Å². The fourth-order valence-corrected chi connectivity index (χ4v) is 2.21. The van der Waals surface area contributed by atoms with Crippen LogP contribution in [-0.2, 0) is 4.74 Å². The predicted molar refractivity (Wildman–Crippen MR) is 71.8 cm³/mol. The number of nitrogens with one attached hydrogen (secondary N) is 1. The standard InChI is InChI=1S/C12H24F2N2O.ClH/c1-15-5-2-11-3-6-16(7-4-11)8-9-17-10-12(13)14;/h11-12,15H,2-10H2,1H3;1H. The molecule has 1 heterocycles. The highest BCUT2D eigenvalue weighted by Gasteiger charge is 2.18. The van der Waals surface area contributed by atoms with E-state index in [0.717, 1.165) is 32.1 Å². The van der Waals surface area contributed by atoms with Gasteiger partial charge in [0.1, 0.15) is 6.61 Å². The summed E-state index contributed by atoms with van der Waals surface area (Å²) < 4.78 is 28.5. The Labute approximate surface area is 115 Å². The molecule has 110 valence electrons. The highest BCUT2D eigenvalue weighted by molar-refractivity contribution is 5.85. The molecule has 0 aromatic rings. The highest BCUT2D eigenvalue weighted by Crippen LogP contribution is 2.19. The number of piperidine rings is 1. The van der Waals surface area contributed by atoms with Crippen molar-refractivity contribution in [3.63, 3.8) is 0 Å². The van der Waals surface area contributed by atoms with Crippen LogP contribution in [-0.4, -0.2) is 57.8 Å². The minimum absolute atomic E-state index is 0. The van der Waals surface area contributed by atoms with E-state index in [1.807, 2.05) is 7.05 Å². The second kappa shape index (κ2) is 10.9. The first-order chi connectivity index (χ1) is 8.22. The molecule has 0 aliphatic carbocycles. The van der Waals surface area contributed by atoms with Crippen molar-refractivity contribution in [2.45, 2.75) is 25.7 Å². The maximum absolute atomic E-state index is 11.8. The van der Waals surface area contributed by atoms with Crippen molar-refractivity contribution in [1.29, 1.82) is 0 Å². The molecule has 0 bridgehead atoms. The van der Waals surface area contributed by atoms with E-state index in [4.69, 9.17) is 4.74 Å². The van der Waals surface area contributed by atoms with E-state index in [1.54, 1.807) is 0 Å².